The van der Waals surface area contributed by atoms with E-state index in [-0.39, 0.29) is 16.9 Å². The van der Waals surface area contributed by atoms with Crippen molar-refractivity contribution in [2.75, 3.05) is 10.6 Å². The van der Waals surface area contributed by atoms with Crippen LogP contribution in [0.15, 0.2) is 84.9 Å². The number of aromatic hydroxyl groups is 1. The Bertz CT molecular complexity index is 1750. The van der Waals surface area contributed by atoms with Gasteiger partial charge < -0.3 is 35.7 Å². The van der Waals surface area contributed by atoms with Gasteiger partial charge in [-0.2, -0.15) is 0 Å². The maximum Gasteiger partial charge on any atom is 0.335 e. The van der Waals surface area contributed by atoms with E-state index in [1.165, 1.54) is 24.3 Å². The Morgan fingerprint density at radius 3 is 2.32 bits per heavy atom. The number of H-pyrrole nitrogens is 1. The highest BCUT2D eigenvalue weighted by molar-refractivity contribution is 5.90. The number of nitrogens with one attached hydrogen (secondary N) is 3. The summed E-state index contributed by atoms with van der Waals surface area (Å²) in [5, 5.41) is 35.3. The number of rotatable bonds is 6. The van der Waals surface area contributed by atoms with Gasteiger partial charge in [-0.3, -0.25) is 0 Å². The summed E-state index contributed by atoms with van der Waals surface area (Å²) in [4.78, 5) is 30.8. The molecule has 0 amide bonds. The number of carboxylic acids is 2. The molecule has 5 aromatic rings. The summed E-state index contributed by atoms with van der Waals surface area (Å²) in [6.45, 7) is 0. The van der Waals surface area contributed by atoms with Crippen molar-refractivity contribution in [1.29, 1.82) is 0 Å². The number of phenolic OH excluding ortho intramolecular Hbond substituents is 1. The Kier molecular flexibility index (Phi) is 5.16. The van der Waals surface area contributed by atoms with E-state index in [1.54, 1.807) is 60.7 Å². The molecular formula is C28H20N4O6. The normalized spacial score (nSPS) is 15.9. The molecule has 0 saturated heterocycles. The Morgan fingerprint density at radius 2 is 1.53 bits per heavy atom. The van der Waals surface area contributed by atoms with Crippen molar-refractivity contribution in [3.8, 4) is 22.9 Å². The van der Waals surface area contributed by atoms with E-state index >= 15 is 0 Å². The SMILES string of the molecule is O=C(O)c1cccc(-c2nc3cc(OC4(c5cccc(C(=O)O)c5)Nc5ccc(O)cc5N4)ccc3[nH]2)c1. The van der Waals surface area contributed by atoms with Crippen LogP contribution >= 0.6 is 0 Å². The quantitative estimate of drug-likeness (QED) is 0.173. The van der Waals surface area contributed by atoms with Gasteiger partial charge in [-0.25, -0.2) is 14.6 Å². The van der Waals surface area contributed by atoms with E-state index in [1.807, 2.05) is 0 Å². The summed E-state index contributed by atoms with van der Waals surface area (Å²) in [5.74, 6) is -2.50. The number of aromatic nitrogens is 2. The molecular weight excluding hydrogens is 488 g/mol. The predicted octanol–water partition coefficient (Wildman–Crippen LogP) is 5.06. The van der Waals surface area contributed by atoms with Gasteiger partial charge in [-0.05, 0) is 48.5 Å². The van der Waals surface area contributed by atoms with Crippen LogP contribution in [0.1, 0.15) is 26.3 Å². The number of carboxylic acid groups (broad SMARTS) is 2. The lowest BCUT2D eigenvalue weighted by Gasteiger charge is -2.32. The molecule has 10 heteroatoms. The third-order valence-electron chi connectivity index (χ3n) is 6.25. The highest BCUT2D eigenvalue weighted by Gasteiger charge is 2.41. The van der Waals surface area contributed by atoms with Gasteiger partial charge in [0.2, 0.25) is 0 Å². The van der Waals surface area contributed by atoms with E-state index < -0.39 is 17.8 Å². The van der Waals surface area contributed by atoms with Gasteiger partial charge in [0, 0.05) is 23.3 Å². The standard InChI is InChI=1S/C28H20N4O6/c33-19-7-9-22-24(13-19)32-28(31-22,18-6-2-5-17(12-18)27(36)37)38-20-8-10-21-23(14-20)30-25(29-21)15-3-1-4-16(11-15)26(34)35/h1-14,31-33H,(H,29,30)(H,34,35)(H,36,37). The molecule has 6 N–H and O–H groups in total. The molecule has 0 bridgehead atoms. The summed E-state index contributed by atoms with van der Waals surface area (Å²) in [6.07, 6.45) is 0. The summed E-state index contributed by atoms with van der Waals surface area (Å²) in [5.41, 5.74) is 3.90. The summed E-state index contributed by atoms with van der Waals surface area (Å²) in [7, 11) is 0. The van der Waals surface area contributed by atoms with Gasteiger partial charge in [-0.15, -0.1) is 0 Å². The molecule has 1 aromatic heterocycles. The number of nitrogens with zero attached hydrogens (tertiary/aromatic N) is 1. The molecule has 2 heterocycles. The Hall–Kier alpha value is -5.51. The van der Waals surface area contributed by atoms with Crippen LogP contribution in [0.5, 0.6) is 11.5 Å². The zero-order valence-electron chi connectivity index (χ0n) is 19.6. The number of imidazole rings is 1. The number of aromatic amines is 1. The number of fused-ring (bicyclic) bond motifs is 2. The first kappa shape index (κ1) is 22.9. The number of carbonyl (C=O) groups is 2. The minimum atomic E-state index is -1.38. The minimum Gasteiger partial charge on any atom is -0.508 e. The van der Waals surface area contributed by atoms with Crippen molar-refractivity contribution in [3.63, 3.8) is 0 Å². The fourth-order valence-electron chi connectivity index (χ4n) is 4.44. The predicted molar refractivity (Wildman–Crippen MR) is 140 cm³/mol. The van der Waals surface area contributed by atoms with Crippen molar-refractivity contribution < 1.29 is 29.6 Å². The Labute approximate surface area is 215 Å². The van der Waals surface area contributed by atoms with Gasteiger partial charge in [0.05, 0.1) is 33.5 Å². The van der Waals surface area contributed by atoms with E-state index in [9.17, 15) is 24.9 Å². The molecule has 1 aliphatic heterocycles. The monoisotopic (exact) mass is 508 g/mol. The van der Waals surface area contributed by atoms with Gasteiger partial charge in [-0.1, -0.05) is 24.3 Å². The third-order valence-corrected chi connectivity index (χ3v) is 6.25. The molecule has 0 fully saturated rings. The molecule has 0 saturated carbocycles. The largest absolute Gasteiger partial charge is 0.508 e. The van der Waals surface area contributed by atoms with Gasteiger partial charge >= 0.3 is 11.9 Å². The van der Waals surface area contributed by atoms with E-state index in [0.717, 1.165) is 5.52 Å². The number of ether oxygens (including phenoxy) is 1. The van der Waals surface area contributed by atoms with Crippen LogP contribution < -0.4 is 15.4 Å². The molecule has 4 aromatic carbocycles. The second kappa shape index (κ2) is 8.56. The summed E-state index contributed by atoms with van der Waals surface area (Å²) < 4.78 is 6.45. The van der Waals surface area contributed by atoms with Crippen LogP contribution in [-0.4, -0.2) is 37.2 Å². The molecule has 38 heavy (non-hydrogen) atoms. The zero-order chi connectivity index (χ0) is 26.4. The average molecular weight is 508 g/mol. The fourth-order valence-corrected chi connectivity index (χ4v) is 4.44. The molecule has 1 unspecified atom stereocenters. The lowest BCUT2D eigenvalue weighted by atomic mass is 10.1. The molecule has 188 valence electrons. The van der Waals surface area contributed by atoms with Crippen LogP contribution in [0.3, 0.4) is 0 Å². The third kappa shape index (κ3) is 3.99. The highest BCUT2D eigenvalue weighted by Crippen LogP contribution is 2.42. The lowest BCUT2D eigenvalue weighted by molar-refractivity contribution is 0.0685. The topological polar surface area (TPSA) is 157 Å². The number of anilines is 2. The van der Waals surface area contributed by atoms with Crippen LogP contribution in [0.25, 0.3) is 22.4 Å². The van der Waals surface area contributed by atoms with Crippen molar-refractivity contribution in [2.24, 2.45) is 0 Å². The van der Waals surface area contributed by atoms with Gasteiger partial charge in [0.15, 0.2) is 0 Å². The maximum absolute atomic E-state index is 11.7. The highest BCUT2D eigenvalue weighted by atomic mass is 16.5. The van der Waals surface area contributed by atoms with Gasteiger partial charge in [0.25, 0.3) is 5.85 Å². The molecule has 0 radical (unpaired) electrons. The number of aromatic carboxylic acids is 2. The van der Waals surface area contributed by atoms with Crippen molar-refractivity contribution in [2.45, 2.75) is 5.85 Å². The molecule has 10 nitrogen and oxygen atoms in total. The van der Waals surface area contributed by atoms with Crippen LogP contribution in [-0.2, 0) is 5.85 Å². The summed E-state index contributed by atoms with van der Waals surface area (Å²) >= 11 is 0. The molecule has 0 aliphatic carbocycles. The summed E-state index contributed by atoms with van der Waals surface area (Å²) in [6, 6.07) is 22.9. The average Bonchev–Trinajstić information content (AvgIpc) is 3.50. The first-order valence-electron chi connectivity index (χ1n) is 11.6. The van der Waals surface area contributed by atoms with E-state index in [2.05, 4.69) is 20.6 Å². The Morgan fingerprint density at radius 1 is 0.789 bits per heavy atom. The second-order valence-corrected chi connectivity index (χ2v) is 8.80. The number of hydrogen-bond donors (Lipinski definition) is 6. The number of phenols is 1. The Balaban J connectivity index is 1.39. The molecule has 1 aliphatic rings. The van der Waals surface area contributed by atoms with Crippen molar-refractivity contribution in [3.05, 3.63) is 102 Å². The second-order valence-electron chi connectivity index (χ2n) is 8.80. The van der Waals surface area contributed by atoms with Gasteiger partial charge in [0.1, 0.15) is 17.3 Å². The molecule has 0 spiro atoms. The number of hydrogen-bond acceptors (Lipinski definition) is 7. The molecule has 6 rings (SSSR count). The zero-order valence-corrected chi connectivity index (χ0v) is 19.6. The first-order chi connectivity index (χ1) is 18.3. The fraction of sp³-hybridized carbons (Fsp3) is 0.0357. The van der Waals surface area contributed by atoms with Crippen molar-refractivity contribution >= 4 is 34.3 Å². The van der Waals surface area contributed by atoms with E-state index in [0.29, 0.717) is 39.6 Å². The van der Waals surface area contributed by atoms with Crippen LogP contribution in [0.2, 0.25) is 0 Å². The van der Waals surface area contributed by atoms with Crippen LogP contribution in [0.4, 0.5) is 11.4 Å². The minimum absolute atomic E-state index is 0.0607. The number of benzene rings is 4. The molecule has 1 atom stereocenters. The van der Waals surface area contributed by atoms with E-state index in [4.69, 9.17) is 4.74 Å². The van der Waals surface area contributed by atoms with Crippen molar-refractivity contribution in [1.82, 2.24) is 9.97 Å². The first-order valence-corrected chi connectivity index (χ1v) is 11.6. The van der Waals surface area contributed by atoms with Crippen LogP contribution in [0, 0.1) is 0 Å². The lowest BCUT2D eigenvalue weighted by Crippen LogP contribution is -2.44. The smallest absolute Gasteiger partial charge is 0.335 e. The maximum atomic E-state index is 11.7.